The van der Waals surface area contributed by atoms with Gasteiger partial charge in [-0.25, -0.2) is 5.43 Å². The number of ether oxygens (including phenoxy) is 2. The second-order valence-electron chi connectivity index (χ2n) is 6.35. The highest BCUT2D eigenvalue weighted by Gasteiger charge is 2.15. The Hall–Kier alpha value is -3.08. The molecule has 0 saturated carbocycles. The monoisotopic (exact) mass is 364 g/mol. The average molecular weight is 364 g/mol. The molecule has 1 aliphatic rings. The van der Waals surface area contributed by atoms with Gasteiger partial charge in [0.15, 0.2) is 11.5 Å². The minimum Gasteiger partial charge on any atom is -0.454 e. The number of allylic oxidation sites excluding steroid dienone is 1. The molecule has 0 radical (unpaired) electrons. The van der Waals surface area contributed by atoms with Gasteiger partial charge in [-0.1, -0.05) is 56.2 Å². The molecule has 1 aliphatic heterocycles. The minimum atomic E-state index is -0.280. The van der Waals surface area contributed by atoms with Crippen LogP contribution in [0.1, 0.15) is 48.5 Å². The van der Waals surface area contributed by atoms with E-state index in [1.54, 1.807) is 24.4 Å². The quantitative estimate of drug-likeness (QED) is 0.416. The summed E-state index contributed by atoms with van der Waals surface area (Å²) in [6.45, 7) is 2.37. The lowest BCUT2D eigenvalue weighted by Gasteiger charge is -2.04. The molecule has 2 aromatic rings. The lowest BCUT2D eigenvalue weighted by molar-refractivity contribution is 0.0954. The lowest BCUT2D eigenvalue weighted by atomic mass is 10.1. The fraction of sp³-hybridized carbons (Fsp3) is 0.273. The molecule has 3 rings (SSSR count). The van der Waals surface area contributed by atoms with Crippen LogP contribution >= 0.6 is 0 Å². The minimum absolute atomic E-state index is 0.184. The zero-order valence-corrected chi connectivity index (χ0v) is 15.5. The van der Waals surface area contributed by atoms with E-state index in [2.05, 4.69) is 35.7 Å². The van der Waals surface area contributed by atoms with Crippen molar-refractivity contribution < 1.29 is 14.3 Å². The van der Waals surface area contributed by atoms with Crippen LogP contribution in [0.3, 0.4) is 0 Å². The van der Waals surface area contributed by atoms with Crippen molar-refractivity contribution >= 4 is 18.2 Å². The van der Waals surface area contributed by atoms with Crippen LogP contribution in [0.2, 0.25) is 0 Å². The Labute approximate surface area is 159 Å². The highest BCUT2D eigenvalue weighted by atomic mass is 16.7. The first kappa shape index (κ1) is 18.7. The van der Waals surface area contributed by atoms with Gasteiger partial charge in [-0.2, -0.15) is 5.10 Å². The number of fused-ring (bicyclic) bond motifs is 1. The Balaban J connectivity index is 1.65. The van der Waals surface area contributed by atoms with Crippen LogP contribution in [0.5, 0.6) is 11.5 Å². The van der Waals surface area contributed by atoms with Gasteiger partial charge in [0.1, 0.15) is 0 Å². The number of hydrazone groups is 1. The molecule has 1 amide bonds. The Morgan fingerprint density at radius 2 is 1.93 bits per heavy atom. The Bertz CT molecular complexity index is 829. The number of carbonyl (C=O) groups is 1. The summed E-state index contributed by atoms with van der Waals surface area (Å²) in [5, 5.41) is 4.15. The maximum absolute atomic E-state index is 12.3. The van der Waals surface area contributed by atoms with Crippen molar-refractivity contribution in [1.82, 2.24) is 5.43 Å². The standard InChI is InChI=1S/C22H24N2O3/c1-2-3-5-10-18(13-17-8-6-4-7-9-17)15-23-24-22(25)19-11-12-20-21(14-19)27-16-26-20/h4,6-9,11-15H,2-3,5,10,16H2,1H3,(H,24,25). The van der Waals surface area contributed by atoms with E-state index in [-0.39, 0.29) is 12.7 Å². The summed E-state index contributed by atoms with van der Waals surface area (Å²) < 4.78 is 10.6. The summed E-state index contributed by atoms with van der Waals surface area (Å²) in [6.07, 6.45) is 8.18. The van der Waals surface area contributed by atoms with Gasteiger partial charge in [0.05, 0.1) is 6.21 Å². The number of hydrogen-bond donors (Lipinski definition) is 1. The van der Waals surface area contributed by atoms with Crippen LogP contribution in [0.15, 0.2) is 59.2 Å². The maximum atomic E-state index is 12.3. The molecule has 140 valence electrons. The molecule has 0 unspecified atom stereocenters. The van der Waals surface area contributed by atoms with Crippen molar-refractivity contribution in [3.63, 3.8) is 0 Å². The van der Waals surface area contributed by atoms with Gasteiger partial charge < -0.3 is 9.47 Å². The smallest absolute Gasteiger partial charge is 0.271 e. The number of amides is 1. The van der Waals surface area contributed by atoms with Crippen molar-refractivity contribution in [3.8, 4) is 11.5 Å². The second-order valence-corrected chi connectivity index (χ2v) is 6.35. The summed E-state index contributed by atoms with van der Waals surface area (Å²) >= 11 is 0. The summed E-state index contributed by atoms with van der Waals surface area (Å²) in [4.78, 5) is 12.3. The molecule has 0 atom stereocenters. The molecule has 0 aromatic heterocycles. The lowest BCUT2D eigenvalue weighted by Crippen LogP contribution is -2.17. The zero-order chi connectivity index (χ0) is 18.9. The molecule has 1 N–H and O–H groups in total. The summed E-state index contributed by atoms with van der Waals surface area (Å²) in [7, 11) is 0. The van der Waals surface area contributed by atoms with Crippen LogP contribution in [-0.4, -0.2) is 18.9 Å². The third-order valence-corrected chi connectivity index (χ3v) is 4.25. The average Bonchev–Trinajstić information content (AvgIpc) is 3.16. The van der Waals surface area contributed by atoms with Crippen molar-refractivity contribution in [2.75, 3.05) is 6.79 Å². The molecule has 0 fully saturated rings. The van der Waals surface area contributed by atoms with Crippen LogP contribution in [0.25, 0.3) is 6.08 Å². The van der Waals surface area contributed by atoms with Crippen LogP contribution in [0.4, 0.5) is 0 Å². The molecule has 27 heavy (non-hydrogen) atoms. The number of rotatable bonds is 8. The first-order valence-electron chi connectivity index (χ1n) is 9.25. The normalized spacial score (nSPS) is 13.1. The molecule has 2 aromatic carbocycles. The molecule has 1 heterocycles. The number of nitrogens with zero attached hydrogens (tertiary/aromatic N) is 1. The van der Waals surface area contributed by atoms with E-state index in [0.29, 0.717) is 17.1 Å². The molecule has 0 aliphatic carbocycles. The number of unbranched alkanes of at least 4 members (excludes halogenated alkanes) is 2. The van der Waals surface area contributed by atoms with Gasteiger partial charge in [0.2, 0.25) is 6.79 Å². The maximum Gasteiger partial charge on any atom is 0.271 e. The van der Waals surface area contributed by atoms with Gasteiger partial charge in [-0.05, 0) is 42.2 Å². The first-order valence-corrected chi connectivity index (χ1v) is 9.25. The van der Waals surface area contributed by atoms with E-state index in [1.807, 2.05) is 18.2 Å². The van der Waals surface area contributed by atoms with Crippen molar-refractivity contribution in [2.24, 2.45) is 5.10 Å². The van der Waals surface area contributed by atoms with Gasteiger partial charge >= 0.3 is 0 Å². The molecule has 0 bridgehead atoms. The topological polar surface area (TPSA) is 59.9 Å². The van der Waals surface area contributed by atoms with E-state index < -0.39 is 0 Å². The number of carbonyl (C=O) groups excluding carboxylic acids is 1. The molecule has 5 heteroatoms. The highest BCUT2D eigenvalue weighted by molar-refractivity contribution is 5.96. The molecule has 0 saturated heterocycles. The fourth-order valence-corrected chi connectivity index (χ4v) is 2.79. The van der Waals surface area contributed by atoms with E-state index in [0.717, 1.165) is 30.4 Å². The van der Waals surface area contributed by atoms with E-state index >= 15 is 0 Å². The van der Waals surface area contributed by atoms with E-state index in [9.17, 15) is 4.79 Å². The highest BCUT2D eigenvalue weighted by Crippen LogP contribution is 2.32. The predicted octanol–water partition coefficient (Wildman–Crippen LogP) is 4.79. The summed E-state index contributed by atoms with van der Waals surface area (Å²) in [5.41, 5.74) is 5.28. The number of benzene rings is 2. The molecular weight excluding hydrogens is 340 g/mol. The first-order chi connectivity index (χ1) is 13.3. The number of hydrogen-bond acceptors (Lipinski definition) is 4. The number of nitrogens with one attached hydrogen (secondary N) is 1. The second kappa shape index (κ2) is 9.57. The Kier molecular flexibility index (Phi) is 6.63. The Morgan fingerprint density at radius 3 is 2.74 bits per heavy atom. The van der Waals surface area contributed by atoms with Gasteiger partial charge in [-0.15, -0.1) is 0 Å². The van der Waals surface area contributed by atoms with E-state index in [1.165, 1.54) is 6.42 Å². The van der Waals surface area contributed by atoms with Crippen LogP contribution in [-0.2, 0) is 0 Å². The molecular formula is C22H24N2O3. The van der Waals surface area contributed by atoms with Crippen molar-refractivity contribution in [1.29, 1.82) is 0 Å². The van der Waals surface area contributed by atoms with Crippen molar-refractivity contribution in [2.45, 2.75) is 32.6 Å². The molecule has 0 spiro atoms. The third-order valence-electron chi connectivity index (χ3n) is 4.25. The van der Waals surface area contributed by atoms with Gasteiger partial charge in [0, 0.05) is 5.56 Å². The molecule has 5 nitrogen and oxygen atoms in total. The van der Waals surface area contributed by atoms with Crippen molar-refractivity contribution in [3.05, 3.63) is 65.2 Å². The zero-order valence-electron chi connectivity index (χ0n) is 15.5. The van der Waals surface area contributed by atoms with Gasteiger partial charge in [0.25, 0.3) is 5.91 Å². The largest absolute Gasteiger partial charge is 0.454 e. The summed E-state index contributed by atoms with van der Waals surface area (Å²) in [6, 6.07) is 15.2. The predicted molar refractivity (Wildman–Crippen MR) is 107 cm³/mol. The third kappa shape index (κ3) is 5.45. The van der Waals surface area contributed by atoms with Crippen LogP contribution < -0.4 is 14.9 Å². The summed E-state index contributed by atoms with van der Waals surface area (Å²) in [5.74, 6) is 0.951. The van der Waals surface area contributed by atoms with Crippen LogP contribution in [0, 0.1) is 0 Å². The fourth-order valence-electron chi connectivity index (χ4n) is 2.79. The Morgan fingerprint density at radius 1 is 1.11 bits per heavy atom. The van der Waals surface area contributed by atoms with Gasteiger partial charge in [-0.3, -0.25) is 4.79 Å². The SMILES string of the molecule is CCCCCC(C=NNC(=O)c1ccc2c(c1)OCO2)=Cc1ccccc1. The van der Waals surface area contributed by atoms with E-state index in [4.69, 9.17) is 9.47 Å².